The molecule has 0 saturated carbocycles. The number of carbonyl (C=O) groups is 1. The van der Waals surface area contributed by atoms with Crippen LogP contribution in [0.3, 0.4) is 0 Å². The third-order valence-corrected chi connectivity index (χ3v) is 4.75. The molecule has 1 saturated heterocycles. The highest BCUT2D eigenvalue weighted by Crippen LogP contribution is 2.35. The van der Waals surface area contributed by atoms with Crippen molar-refractivity contribution in [2.75, 3.05) is 19.7 Å². The Kier molecular flexibility index (Phi) is 5.54. The maximum absolute atomic E-state index is 12.4. The second-order valence-electron chi connectivity index (χ2n) is 6.20. The Labute approximate surface area is 148 Å². The summed E-state index contributed by atoms with van der Waals surface area (Å²) in [6.45, 7) is 4.65. The van der Waals surface area contributed by atoms with Crippen molar-refractivity contribution in [3.05, 3.63) is 70.7 Å². The summed E-state index contributed by atoms with van der Waals surface area (Å²) in [5.41, 5.74) is 2.36. The average molecular weight is 344 g/mol. The molecule has 24 heavy (non-hydrogen) atoms. The summed E-state index contributed by atoms with van der Waals surface area (Å²) < 4.78 is 5.31. The molecule has 3 rings (SSSR count). The largest absolute Gasteiger partial charge is 0.466 e. The van der Waals surface area contributed by atoms with Crippen molar-refractivity contribution in [1.82, 2.24) is 4.90 Å². The quantitative estimate of drug-likeness (QED) is 0.765. The van der Waals surface area contributed by atoms with Crippen molar-refractivity contribution < 1.29 is 9.53 Å². The van der Waals surface area contributed by atoms with E-state index in [1.807, 2.05) is 43.3 Å². The van der Waals surface area contributed by atoms with Crippen molar-refractivity contribution in [2.24, 2.45) is 5.92 Å². The Morgan fingerprint density at radius 3 is 2.67 bits per heavy atom. The topological polar surface area (TPSA) is 29.5 Å². The van der Waals surface area contributed by atoms with Crippen LogP contribution >= 0.6 is 11.6 Å². The first kappa shape index (κ1) is 17.0. The van der Waals surface area contributed by atoms with Gasteiger partial charge in [-0.2, -0.15) is 0 Å². The normalized spacial score (nSPS) is 20.9. The highest BCUT2D eigenvalue weighted by atomic mass is 35.5. The Balaban J connectivity index is 1.80. The fourth-order valence-corrected chi connectivity index (χ4v) is 3.62. The number of benzene rings is 2. The number of esters is 1. The van der Waals surface area contributed by atoms with Crippen molar-refractivity contribution in [3.8, 4) is 0 Å². The van der Waals surface area contributed by atoms with Crippen LogP contribution in [0.15, 0.2) is 54.6 Å². The predicted octanol–water partition coefficient (Wildman–Crippen LogP) is 4.12. The second kappa shape index (κ2) is 7.82. The molecule has 1 aliphatic rings. The minimum absolute atomic E-state index is 0.113. The van der Waals surface area contributed by atoms with E-state index in [0.29, 0.717) is 18.2 Å². The van der Waals surface area contributed by atoms with Gasteiger partial charge in [-0.1, -0.05) is 54.1 Å². The van der Waals surface area contributed by atoms with Gasteiger partial charge in [0.05, 0.1) is 12.5 Å². The number of ether oxygens (including phenoxy) is 1. The van der Waals surface area contributed by atoms with E-state index in [4.69, 9.17) is 16.3 Å². The molecule has 1 heterocycles. The number of hydrogen-bond acceptors (Lipinski definition) is 3. The highest BCUT2D eigenvalue weighted by molar-refractivity contribution is 6.30. The third-order valence-electron chi connectivity index (χ3n) is 4.51. The Bertz CT molecular complexity index is 689. The lowest BCUT2D eigenvalue weighted by atomic mass is 9.89. The summed E-state index contributed by atoms with van der Waals surface area (Å²) in [6, 6.07) is 18.2. The van der Waals surface area contributed by atoms with Crippen molar-refractivity contribution >= 4 is 17.6 Å². The van der Waals surface area contributed by atoms with Crippen LogP contribution in [-0.4, -0.2) is 30.6 Å². The van der Waals surface area contributed by atoms with Crippen LogP contribution in [0, 0.1) is 5.92 Å². The van der Waals surface area contributed by atoms with Crippen LogP contribution in [0.25, 0.3) is 0 Å². The lowest BCUT2D eigenvalue weighted by molar-refractivity contribution is -0.148. The molecule has 0 aliphatic carbocycles. The summed E-state index contributed by atoms with van der Waals surface area (Å²) in [7, 11) is 0. The van der Waals surface area contributed by atoms with Gasteiger partial charge in [0.25, 0.3) is 0 Å². The van der Waals surface area contributed by atoms with Crippen LogP contribution in [-0.2, 0) is 16.1 Å². The van der Waals surface area contributed by atoms with E-state index in [0.717, 1.165) is 18.7 Å². The van der Waals surface area contributed by atoms with Gasteiger partial charge >= 0.3 is 5.97 Å². The van der Waals surface area contributed by atoms with Gasteiger partial charge in [0.2, 0.25) is 0 Å². The summed E-state index contributed by atoms with van der Waals surface area (Å²) in [4.78, 5) is 14.8. The zero-order valence-corrected chi connectivity index (χ0v) is 14.6. The first-order chi connectivity index (χ1) is 11.7. The molecule has 0 N–H and O–H groups in total. The summed E-state index contributed by atoms with van der Waals surface area (Å²) in [6.07, 6.45) is 0. The summed E-state index contributed by atoms with van der Waals surface area (Å²) >= 11 is 6.15. The molecular weight excluding hydrogens is 322 g/mol. The first-order valence-corrected chi connectivity index (χ1v) is 8.73. The van der Waals surface area contributed by atoms with E-state index in [1.165, 1.54) is 5.56 Å². The number of likely N-dealkylation sites (tertiary alicyclic amines) is 1. The van der Waals surface area contributed by atoms with Crippen LogP contribution in [0.4, 0.5) is 0 Å². The summed E-state index contributed by atoms with van der Waals surface area (Å²) in [5, 5.41) is 0.705. The van der Waals surface area contributed by atoms with Gasteiger partial charge < -0.3 is 4.74 Å². The Morgan fingerprint density at radius 2 is 1.96 bits per heavy atom. The Hall–Kier alpha value is -1.84. The first-order valence-electron chi connectivity index (χ1n) is 8.35. The molecule has 0 spiro atoms. The van der Waals surface area contributed by atoms with E-state index >= 15 is 0 Å². The molecule has 1 aliphatic heterocycles. The number of hydrogen-bond donors (Lipinski definition) is 0. The smallest absolute Gasteiger partial charge is 0.310 e. The molecular formula is C20H22ClNO2. The SMILES string of the molecule is CCOC(=O)C1CN(Cc2ccccc2)CC1c1cccc(Cl)c1. The van der Waals surface area contributed by atoms with Gasteiger partial charge in [-0.25, -0.2) is 0 Å². The Morgan fingerprint density at radius 1 is 1.17 bits per heavy atom. The van der Waals surface area contributed by atoms with Crippen molar-refractivity contribution in [3.63, 3.8) is 0 Å². The molecule has 3 nitrogen and oxygen atoms in total. The van der Waals surface area contributed by atoms with Crippen LogP contribution in [0.1, 0.15) is 24.0 Å². The zero-order chi connectivity index (χ0) is 16.9. The third kappa shape index (κ3) is 3.97. The molecule has 0 radical (unpaired) electrons. The van der Waals surface area contributed by atoms with Gasteiger partial charge in [-0.3, -0.25) is 9.69 Å². The van der Waals surface area contributed by atoms with Crippen molar-refractivity contribution in [2.45, 2.75) is 19.4 Å². The minimum atomic E-state index is -0.146. The monoisotopic (exact) mass is 343 g/mol. The average Bonchev–Trinajstić information content (AvgIpc) is 3.00. The van der Waals surface area contributed by atoms with Gasteiger partial charge in [-0.05, 0) is 30.2 Å². The zero-order valence-electron chi connectivity index (χ0n) is 13.8. The number of halogens is 1. The molecule has 0 amide bonds. The number of rotatable bonds is 5. The molecule has 2 unspecified atom stereocenters. The molecule has 1 fully saturated rings. The molecule has 2 atom stereocenters. The summed E-state index contributed by atoms with van der Waals surface area (Å²) in [5.74, 6) is -0.142. The van der Waals surface area contributed by atoms with Crippen LogP contribution in [0.2, 0.25) is 5.02 Å². The minimum Gasteiger partial charge on any atom is -0.466 e. The standard InChI is InChI=1S/C20H22ClNO2/c1-2-24-20(23)19-14-22(12-15-7-4-3-5-8-15)13-18(19)16-9-6-10-17(21)11-16/h3-11,18-19H,2,12-14H2,1H3. The van der Waals surface area contributed by atoms with Crippen molar-refractivity contribution in [1.29, 1.82) is 0 Å². The number of carbonyl (C=O) groups excluding carboxylic acids is 1. The van der Waals surface area contributed by atoms with E-state index in [2.05, 4.69) is 23.1 Å². The van der Waals surface area contributed by atoms with Gasteiger partial charge in [0.1, 0.15) is 0 Å². The number of nitrogens with zero attached hydrogens (tertiary/aromatic N) is 1. The van der Waals surface area contributed by atoms with Gasteiger partial charge in [-0.15, -0.1) is 0 Å². The van der Waals surface area contributed by atoms with Gasteiger partial charge in [0, 0.05) is 30.6 Å². The van der Waals surface area contributed by atoms with Crippen LogP contribution < -0.4 is 0 Å². The molecule has 2 aromatic rings. The molecule has 2 aromatic carbocycles. The maximum atomic E-state index is 12.4. The fraction of sp³-hybridized carbons (Fsp3) is 0.350. The lowest BCUT2D eigenvalue weighted by Gasteiger charge is -2.17. The lowest BCUT2D eigenvalue weighted by Crippen LogP contribution is -2.25. The van der Waals surface area contributed by atoms with E-state index in [9.17, 15) is 4.79 Å². The van der Waals surface area contributed by atoms with E-state index < -0.39 is 0 Å². The maximum Gasteiger partial charge on any atom is 0.310 e. The molecule has 0 bridgehead atoms. The molecule has 4 heteroatoms. The van der Waals surface area contributed by atoms with E-state index in [1.54, 1.807) is 0 Å². The molecule has 126 valence electrons. The highest BCUT2D eigenvalue weighted by Gasteiger charge is 2.39. The molecule has 0 aromatic heterocycles. The van der Waals surface area contributed by atoms with Gasteiger partial charge in [0.15, 0.2) is 0 Å². The second-order valence-corrected chi connectivity index (χ2v) is 6.64. The fourth-order valence-electron chi connectivity index (χ4n) is 3.42. The predicted molar refractivity (Wildman–Crippen MR) is 96.0 cm³/mol. The van der Waals surface area contributed by atoms with Crippen LogP contribution in [0.5, 0.6) is 0 Å². The van der Waals surface area contributed by atoms with E-state index in [-0.39, 0.29) is 17.8 Å².